The lowest BCUT2D eigenvalue weighted by Crippen LogP contribution is -2.19. The van der Waals surface area contributed by atoms with Crippen LogP contribution in [-0.4, -0.2) is 37.8 Å². The Morgan fingerprint density at radius 1 is 1.03 bits per heavy atom. The Kier molecular flexibility index (Phi) is 6.03. The molecule has 0 bridgehead atoms. The summed E-state index contributed by atoms with van der Waals surface area (Å²) in [5, 5.41) is 2.74. The highest BCUT2D eigenvalue weighted by atomic mass is 19.1. The summed E-state index contributed by atoms with van der Waals surface area (Å²) in [4.78, 5) is 25.6. The summed E-state index contributed by atoms with van der Waals surface area (Å²) in [6.07, 6.45) is 1.51. The van der Waals surface area contributed by atoms with Crippen molar-refractivity contribution in [3.8, 4) is 11.5 Å². The van der Waals surface area contributed by atoms with Crippen LogP contribution >= 0.6 is 0 Å². The number of hydrogen-bond donors (Lipinski definition) is 1. The van der Waals surface area contributed by atoms with Crippen molar-refractivity contribution in [2.45, 2.75) is 6.54 Å². The zero-order chi connectivity index (χ0) is 23.5. The van der Waals surface area contributed by atoms with E-state index in [4.69, 9.17) is 18.6 Å². The largest absolute Gasteiger partial charge is 0.493 e. The predicted molar refractivity (Wildman–Crippen MR) is 119 cm³/mol. The summed E-state index contributed by atoms with van der Waals surface area (Å²) in [5.74, 6) is -0.903. The number of methoxy groups -OCH3 is 3. The number of anilines is 1. The van der Waals surface area contributed by atoms with Gasteiger partial charge in [-0.05, 0) is 17.7 Å². The minimum atomic E-state index is -0.657. The summed E-state index contributed by atoms with van der Waals surface area (Å²) >= 11 is 0. The molecule has 0 fully saturated rings. The summed E-state index contributed by atoms with van der Waals surface area (Å²) in [7, 11) is 4.12. The highest BCUT2D eigenvalue weighted by Crippen LogP contribution is 2.34. The normalized spacial score (nSPS) is 10.8. The SMILES string of the molecule is COC(=O)c1cc(OC)c(OC)cc1NC(=O)c1cc2occc2n1Cc1cccc(F)c1. The van der Waals surface area contributed by atoms with Gasteiger partial charge in [-0.25, -0.2) is 9.18 Å². The Bertz CT molecular complexity index is 1340. The summed E-state index contributed by atoms with van der Waals surface area (Å²) in [6.45, 7) is 0.235. The van der Waals surface area contributed by atoms with Gasteiger partial charge in [-0.1, -0.05) is 12.1 Å². The minimum absolute atomic E-state index is 0.0930. The molecule has 0 aliphatic heterocycles. The van der Waals surface area contributed by atoms with Gasteiger partial charge in [-0.2, -0.15) is 0 Å². The molecule has 1 amide bonds. The number of furan rings is 1. The molecule has 4 rings (SSSR count). The van der Waals surface area contributed by atoms with E-state index in [2.05, 4.69) is 5.32 Å². The van der Waals surface area contributed by atoms with E-state index in [1.54, 1.807) is 28.8 Å². The first-order valence-electron chi connectivity index (χ1n) is 9.92. The number of amides is 1. The third kappa shape index (κ3) is 4.25. The second-order valence-electron chi connectivity index (χ2n) is 7.11. The summed E-state index contributed by atoms with van der Waals surface area (Å²) < 4.78 is 36.3. The van der Waals surface area contributed by atoms with Gasteiger partial charge in [0, 0.05) is 30.8 Å². The van der Waals surface area contributed by atoms with Gasteiger partial charge in [-0.15, -0.1) is 0 Å². The van der Waals surface area contributed by atoms with Crippen LogP contribution < -0.4 is 14.8 Å². The number of carbonyl (C=O) groups is 2. The number of nitrogens with one attached hydrogen (secondary N) is 1. The van der Waals surface area contributed by atoms with Crippen LogP contribution in [0, 0.1) is 5.82 Å². The second kappa shape index (κ2) is 9.07. The molecule has 0 saturated carbocycles. The van der Waals surface area contributed by atoms with E-state index in [1.807, 2.05) is 0 Å². The van der Waals surface area contributed by atoms with E-state index in [0.29, 0.717) is 28.2 Å². The Morgan fingerprint density at radius 3 is 2.48 bits per heavy atom. The zero-order valence-electron chi connectivity index (χ0n) is 18.2. The number of aromatic nitrogens is 1. The van der Waals surface area contributed by atoms with Crippen LogP contribution in [0.3, 0.4) is 0 Å². The fourth-order valence-corrected chi connectivity index (χ4v) is 3.60. The van der Waals surface area contributed by atoms with Gasteiger partial charge in [0.1, 0.15) is 11.5 Å². The van der Waals surface area contributed by atoms with Gasteiger partial charge < -0.3 is 28.5 Å². The number of nitrogens with zero attached hydrogens (tertiary/aromatic N) is 1. The highest BCUT2D eigenvalue weighted by Gasteiger charge is 2.23. The lowest BCUT2D eigenvalue weighted by atomic mass is 10.1. The van der Waals surface area contributed by atoms with Crippen LogP contribution in [0.2, 0.25) is 0 Å². The molecule has 170 valence electrons. The van der Waals surface area contributed by atoms with Crippen molar-refractivity contribution in [3.05, 3.63) is 77.4 Å². The van der Waals surface area contributed by atoms with E-state index < -0.39 is 11.9 Å². The molecule has 0 aliphatic carbocycles. The maximum absolute atomic E-state index is 13.7. The molecule has 0 atom stereocenters. The standard InChI is InChI=1S/C24H21FN2O6/c1-30-21-10-16(24(29)32-3)17(11-22(21)31-2)26-23(28)19-12-20-18(7-8-33-20)27(19)13-14-5-4-6-15(25)9-14/h4-12H,13H2,1-3H3,(H,26,28). The van der Waals surface area contributed by atoms with Crippen molar-refractivity contribution in [2.24, 2.45) is 0 Å². The van der Waals surface area contributed by atoms with Gasteiger partial charge in [0.05, 0.1) is 44.4 Å². The van der Waals surface area contributed by atoms with Crippen molar-refractivity contribution >= 4 is 28.7 Å². The molecule has 9 heteroatoms. The summed E-state index contributed by atoms with van der Waals surface area (Å²) in [5.41, 5.74) is 2.38. The number of esters is 1. The fourth-order valence-electron chi connectivity index (χ4n) is 3.60. The van der Waals surface area contributed by atoms with Crippen molar-refractivity contribution in [1.29, 1.82) is 0 Å². The first-order chi connectivity index (χ1) is 15.9. The van der Waals surface area contributed by atoms with Gasteiger partial charge in [0.25, 0.3) is 5.91 Å². The molecule has 0 radical (unpaired) electrons. The van der Waals surface area contributed by atoms with Crippen LogP contribution in [0.25, 0.3) is 11.1 Å². The highest BCUT2D eigenvalue weighted by molar-refractivity contribution is 6.09. The zero-order valence-corrected chi connectivity index (χ0v) is 18.2. The molecule has 2 aromatic carbocycles. The molecule has 0 saturated heterocycles. The fraction of sp³-hybridized carbons (Fsp3) is 0.167. The van der Waals surface area contributed by atoms with Crippen molar-refractivity contribution < 1.29 is 32.6 Å². The lowest BCUT2D eigenvalue weighted by molar-refractivity contribution is 0.0601. The maximum Gasteiger partial charge on any atom is 0.340 e. The molecule has 2 heterocycles. The Labute approximate surface area is 188 Å². The second-order valence-corrected chi connectivity index (χ2v) is 7.11. The van der Waals surface area contributed by atoms with Crippen molar-refractivity contribution in [3.63, 3.8) is 0 Å². The molecular formula is C24H21FN2O6. The molecule has 4 aromatic rings. The number of benzene rings is 2. The Balaban J connectivity index is 1.74. The van der Waals surface area contributed by atoms with E-state index in [0.717, 1.165) is 0 Å². The number of hydrogen-bond acceptors (Lipinski definition) is 6. The molecular weight excluding hydrogens is 431 g/mol. The van der Waals surface area contributed by atoms with Gasteiger partial charge in [-0.3, -0.25) is 4.79 Å². The number of fused-ring (bicyclic) bond motifs is 1. The molecule has 0 aliphatic rings. The van der Waals surface area contributed by atoms with Gasteiger partial charge >= 0.3 is 5.97 Å². The van der Waals surface area contributed by atoms with Gasteiger partial charge in [0.2, 0.25) is 0 Å². The van der Waals surface area contributed by atoms with Crippen LogP contribution in [-0.2, 0) is 11.3 Å². The van der Waals surface area contributed by atoms with E-state index in [-0.39, 0.29) is 29.3 Å². The van der Waals surface area contributed by atoms with E-state index in [1.165, 1.54) is 51.9 Å². The topological polar surface area (TPSA) is 91.9 Å². The Morgan fingerprint density at radius 2 is 1.79 bits per heavy atom. The van der Waals surface area contributed by atoms with Crippen molar-refractivity contribution in [1.82, 2.24) is 4.57 Å². The van der Waals surface area contributed by atoms with E-state index in [9.17, 15) is 14.0 Å². The third-order valence-corrected chi connectivity index (χ3v) is 5.16. The average Bonchev–Trinajstić information content (AvgIpc) is 3.41. The first kappa shape index (κ1) is 21.9. The third-order valence-electron chi connectivity index (χ3n) is 5.16. The smallest absolute Gasteiger partial charge is 0.340 e. The number of ether oxygens (including phenoxy) is 3. The van der Waals surface area contributed by atoms with Crippen LogP contribution in [0.4, 0.5) is 10.1 Å². The number of carbonyl (C=O) groups excluding carboxylic acids is 2. The molecule has 33 heavy (non-hydrogen) atoms. The average molecular weight is 452 g/mol. The monoisotopic (exact) mass is 452 g/mol. The predicted octanol–water partition coefficient (Wildman–Crippen LogP) is 4.48. The Hall–Kier alpha value is -4.27. The van der Waals surface area contributed by atoms with E-state index >= 15 is 0 Å². The molecule has 2 aromatic heterocycles. The molecule has 0 spiro atoms. The maximum atomic E-state index is 13.7. The molecule has 0 unspecified atom stereocenters. The number of halogens is 1. The van der Waals surface area contributed by atoms with Crippen LogP contribution in [0.1, 0.15) is 26.4 Å². The molecule has 8 nitrogen and oxygen atoms in total. The lowest BCUT2D eigenvalue weighted by Gasteiger charge is -2.15. The minimum Gasteiger partial charge on any atom is -0.493 e. The first-order valence-corrected chi connectivity index (χ1v) is 9.92. The van der Waals surface area contributed by atoms with Gasteiger partial charge in [0.15, 0.2) is 17.1 Å². The quantitative estimate of drug-likeness (QED) is 0.416. The van der Waals surface area contributed by atoms with Crippen LogP contribution in [0.5, 0.6) is 11.5 Å². The van der Waals surface area contributed by atoms with Crippen LogP contribution in [0.15, 0.2) is 59.2 Å². The van der Waals surface area contributed by atoms with Crippen molar-refractivity contribution in [2.75, 3.05) is 26.6 Å². The number of rotatable bonds is 7. The molecule has 1 N–H and O–H groups in total. The summed E-state index contributed by atoms with van der Waals surface area (Å²) in [6, 6.07) is 12.3.